The maximum Gasteiger partial charge on any atom is 0.0671 e. The van der Waals surface area contributed by atoms with E-state index in [1.807, 2.05) is 19.1 Å². The molecule has 0 saturated carbocycles. The lowest BCUT2D eigenvalue weighted by molar-refractivity contribution is 0.662. The molecule has 0 aliphatic rings. The number of nitrogens with zero attached hydrogens (tertiary/aromatic N) is 2. The van der Waals surface area contributed by atoms with Gasteiger partial charge in [-0.05, 0) is 31.9 Å². The zero-order chi connectivity index (χ0) is 13.5. The lowest BCUT2D eigenvalue weighted by atomic mass is 10.0. The second-order valence-electron chi connectivity index (χ2n) is 4.64. The minimum absolute atomic E-state index is 0.0239. The Balaban J connectivity index is 3.02. The smallest absolute Gasteiger partial charge is 0.0671 e. The third-order valence-corrected chi connectivity index (χ3v) is 3.21. The first-order chi connectivity index (χ1) is 8.63. The van der Waals surface area contributed by atoms with Crippen LogP contribution in [-0.2, 0) is 0 Å². The summed E-state index contributed by atoms with van der Waals surface area (Å²) >= 11 is 0. The summed E-state index contributed by atoms with van der Waals surface area (Å²) in [5.74, 6) is 0.0239. The summed E-state index contributed by atoms with van der Waals surface area (Å²) in [5.41, 5.74) is 8.50. The van der Waals surface area contributed by atoms with Crippen molar-refractivity contribution in [2.45, 2.75) is 33.2 Å². The first-order valence-electron chi connectivity index (χ1n) is 6.63. The molecule has 18 heavy (non-hydrogen) atoms. The van der Waals surface area contributed by atoms with Gasteiger partial charge < -0.3 is 10.6 Å². The maximum atomic E-state index is 8.95. The van der Waals surface area contributed by atoms with Gasteiger partial charge in [0.25, 0.3) is 0 Å². The number of rotatable bonds is 6. The van der Waals surface area contributed by atoms with E-state index in [0.717, 1.165) is 25.2 Å². The molecule has 0 aliphatic heterocycles. The number of hydrogen-bond donors (Lipinski definition) is 1. The molecule has 1 rings (SSSR count). The Morgan fingerprint density at radius 2 is 2.00 bits per heavy atom. The van der Waals surface area contributed by atoms with Crippen LogP contribution < -0.4 is 10.6 Å². The molecule has 1 aromatic carbocycles. The fraction of sp³-hybridized carbons (Fsp3) is 0.533. The molecule has 1 aromatic rings. The Morgan fingerprint density at radius 3 is 2.56 bits per heavy atom. The second kappa shape index (κ2) is 7.03. The van der Waals surface area contributed by atoms with E-state index in [-0.39, 0.29) is 12.0 Å². The highest BCUT2D eigenvalue weighted by Crippen LogP contribution is 2.27. The van der Waals surface area contributed by atoms with Gasteiger partial charge in [-0.25, -0.2) is 0 Å². The van der Waals surface area contributed by atoms with Gasteiger partial charge in [0.05, 0.1) is 12.0 Å². The quantitative estimate of drug-likeness (QED) is 0.838. The molecule has 0 saturated heterocycles. The van der Waals surface area contributed by atoms with Crippen LogP contribution >= 0.6 is 0 Å². The van der Waals surface area contributed by atoms with Gasteiger partial charge in [0.15, 0.2) is 0 Å². The van der Waals surface area contributed by atoms with E-state index in [0.29, 0.717) is 0 Å². The third-order valence-electron chi connectivity index (χ3n) is 3.21. The van der Waals surface area contributed by atoms with Crippen LogP contribution in [0.2, 0.25) is 0 Å². The van der Waals surface area contributed by atoms with E-state index < -0.39 is 0 Å². The average molecular weight is 245 g/mol. The molecule has 2 unspecified atom stereocenters. The number of benzene rings is 1. The summed E-state index contributed by atoms with van der Waals surface area (Å²) in [6, 6.07) is 10.6. The van der Waals surface area contributed by atoms with Crippen LogP contribution in [0.5, 0.6) is 0 Å². The molecule has 0 heterocycles. The van der Waals surface area contributed by atoms with Gasteiger partial charge in [-0.15, -0.1) is 0 Å². The monoisotopic (exact) mass is 245 g/mol. The van der Waals surface area contributed by atoms with E-state index in [1.54, 1.807) is 0 Å². The van der Waals surface area contributed by atoms with Gasteiger partial charge in [0.1, 0.15) is 0 Å². The van der Waals surface area contributed by atoms with Crippen LogP contribution in [0.15, 0.2) is 24.3 Å². The van der Waals surface area contributed by atoms with E-state index in [1.165, 1.54) is 5.56 Å². The highest BCUT2D eigenvalue weighted by Gasteiger charge is 2.15. The Kier molecular flexibility index (Phi) is 5.67. The molecule has 3 nitrogen and oxygen atoms in total. The Bertz CT molecular complexity index is 408. The van der Waals surface area contributed by atoms with Crippen molar-refractivity contribution in [3.63, 3.8) is 0 Å². The molecule has 0 fully saturated rings. The summed E-state index contributed by atoms with van der Waals surface area (Å²) < 4.78 is 0. The van der Waals surface area contributed by atoms with Crippen molar-refractivity contribution < 1.29 is 0 Å². The first kappa shape index (κ1) is 14.5. The van der Waals surface area contributed by atoms with Gasteiger partial charge in [-0.2, -0.15) is 5.26 Å². The van der Waals surface area contributed by atoms with Crippen molar-refractivity contribution in [3.05, 3.63) is 29.8 Å². The molecule has 0 aromatic heterocycles. The first-order valence-corrected chi connectivity index (χ1v) is 6.63. The lowest BCUT2D eigenvalue weighted by Crippen LogP contribution is -2.29. The molecular formula is C15H23N3. The molecule has 0 spiro atoms. The van der Waals surface area contributed by atoms with Gasteiger partial charge in [0.2, 0.25) is 0 Å². The molecule has 0 aliphatic carbocycles. The fourth-order valence-electron chi connectivity index (χ4n) is 2.08. The number of nitrogens with two attached hydrogens (primary N) is 1. The highest BCUT2D eigenvalue weighted by atomic mass is 15.1. The van der Waals surface area contributed by atoms with Crippen molar-refractivity contribution in [1.82, 2.24) is 0 Å². The van der Waals surface area contributed by atoms with Crippen LogP contribution in [0.3, 0.4) is 0 Å². The van der Waals surface area contributed by atoms with Gasteiger partial charge in [0, 0.05) is 24.8 Å². The summed E-state index contributed by atoms with van der Waals surface area (Å²) in [6.45, 7) is 7.79. The molecule has 0 radical (unpaired) electrons. The number of hydrogen-bond acceptors (Lipinski definition) is 3. The number of nitriles is 1. The van der Waals surface area contributed by atoms with Crippen LogP contribution in [0.1, 0.15) is 38.8 Å². The maximum absolute atomic E-state index is 8.95. The molecule has 0 amide bonds. The summed E-state index contributed by atoms with van der Waals surface area (Å²) in [6.07, 6.45) is 0.919. The predicted molar refractivity (Wildman–Crippen MR) is 76.3 cm³/mol. The van der Waals surface area contributed by atoms with Crippen molar-refractivity contribution in [2.75, 3.05) is 18.0 Å². The zero-order valence-electron chi connectivity index (χ0n) is 11.6. The number of anilines is 1. The number of para-hydroxylation sites is 1. The minimum atomic E-state index is 0.0239. The standard InChI is InChI=1S/C15H23N3/c1-4-14(17)13-8-6-7-9-15(13)18(5-2)11-12(3)10-16/h6-9,12,14H,4-5,11,17H2,1-3H3. The van der Waals surface area contributed by atoms with Crippen molar-refractivity contribution in [2.24, 2.45) is 11.7 Å². The van der Waals surface area contributed by atoms with E-state index in [9.17, 15) is 0 Å². The van der Waals surface area contributed by atoms with Gasteiger partial charge >= 0.3 is 0 Å². The van der Waals surface area contributed by atoms with Crippen LogP contribution in [0.4, 0.5) is 5.69 Å². The SMILES string of the molecule is CCC(N)c1ccccc1N(CC)CC(C)C#N. The van der Waals surface area contributed by atoms with Gasteiger partial charge in [-0.3, -0.25) is 0 Å². The summed E-state index contributed by atoms with van der Waals surface area (Å²) in [5, 5.41) is 8.95. The largest absolute Gasteiger partial charge is 0.370 e. The molecule has 2 N–H and O–H groups in total. The van der Waals surface area contributed by atoms with Crippen molar-refractivity contribution in [3.8, 4) is 6.07 Å². The third kappa shape index (κ3) is 3.48. The Morgan fingerprint density at radius 1 is 1.33 bits per heavy atom. The molecule has 0 bridgehead atoms. The molecule has 2 atom stereocenters. The van der Waals surface area contributed by atoms with Crippen molar-refractivity contribution >= 4 is 5.69 Å². The van der Waals surface area contributed by atoms with Gasteiger partial charge in [-0.1, -0.05) is 25.1 Å². The van der Waals surface area contributed by atoms with E-state index in [4.69, 9.17) is 11.0 Å². The Labute approximate surface area is 110 Å². The summed E-state index contributed by atoms with van der Waals surface area (Å²) in [7, 11) is 0. The Hall–Kier alpha value is -1.53. The van der Waals surface area contributed by atoms with Crippen LogP contribution in [-0.4, -0.2) is 13.1 Å². The fourth-order valence-corrected chi connectivity index (χ4v) is 2.08. The summed E-state index contributed by atoms with van der Waals surface area (Å²) in [4.78, 5) is 2.23. The molecular weight excluding hydrogens is 222 g/mol. The van der Waals surface area contributed by atoms with E-state index in [2.05, 4.69) is 36.9 Å². The van der Waals surface area contributed by atoms with Crippen LogP contribution in [0, 0.1) is 17.2 Å². The minimum Gasteiger partial charge on any atom is -0.370 e. The average Bonchev–Trinajstić information content (AvgIpc) is 2.43. The zero-order valence-corrected chi connectivity index (χ0v) is 11.6. The molecule has 3 heteroatoms. The second-order valence-corrected chi connectivity index (χ2v) is 4.64. The molecule has 98 valence electrons. The topological polar surface area (TPSA) is 53.0 Å². The van der Waals surface area contributed by atoms with Crippen LogP contribution in [0.25, 0.3) is 0 Å². The van der Waals surface area contributed by atoms with E-state index >= 15 is 0 Å². The normalized spacial score (nSPS) is 13.7. The predicted octanol–water partition coefficient (Wildman–Crippen LogP) is 3.08. The van der Waals surface area contributed by atoms with Crippen molar-refractivity contribution in [1.29, 1.82) is 5.26 Å². The highest BCUT2D eigenvalue weighted by molar-refractivity contribution is 5.55. The lowest BCUT2D eigenvalue weighted by Gasteiger charge is -2.28.